The van der Waals surface area contributed by atoms with Crippen molar-refractivity contribution in [1.29, 1.82) is 0 Å². The molecular formula is C18H21NO4S. The van der Waals surface area contributed by atoms with Crippen LogP contribution in [0.2, 0.25) is 0 Å². The molecule has 0 aromatic heterocycles. The Morgan fingerprint density at radius 1 is 1.04 bits per heavy atom. The van der Waals surface area contributed by atoms with Gasteiger partial charge in [0.2, 0.25) is 10.0 Å². The Morgan fingerprint density at radius 3 is 2.17 bits per heavy atom. The van der Waals surface area contributed by atoms with Gasteiger partial charge in [0.15, 0.2) is 0 Å². The summed E-state index contributed by atoms with van der Waals surface area (Å²) in [6.45, 7) is 3.69. The third-order valence-electron chi connectivity index (χ3n) is 3.88. The minimum atomic E-state index is -3.77. The van der Waals surface area contributed by atoms with Gasteiger partial charge in [0.05, 0.1) is 5.75 Å². The number of hydrogen-bond acceptors (Lipinski definition) is 3. The molecule has 0 amide bonds. The number of nitrogens with one attached hydrogen (secondary N) is 1. The molecule has 2 rings (SSSR count). The highest BCUT2D eigenvalue weighted by Gasteiger charge is 2.25. The van der Waals surface area contributed by atoms with E-state index in [9.17, 15) is 18.3 Å². The Kier molecular flexibility index (Phi) is 5.75. The molecule has 0 heterocycles. The predicted octanol–water partition coefficient (Wildman–Crippen LogP) is 2.42. The van der Waals surface area contributed by atoms with Gasteiger partial charge in [0.1, 0.15) is 6.04 Å². The summed E-state index contributed by atoms with van der Waals surface area (Å²) in [6, 6.07) is 13.3. The minimum absolute atomic E-state index is 0.0994. The molecular weight excluding hydrogens is 326 g/mol. The molecule has 0 saturated carbocycles. The molecule has 2 aromatic rings. The fourth-order valence-electron chi connectivity index (χ4n) is 2.55. The van der Waals surface area contributed by atoms with Crippen LogP contribution in [-0.2, 0) is 27.0 Å². The van der Waals surface area contributed by atoms with Gasteiger partial charge < -0.3 is 5.11 Å². The normalized spacial score (nSPS) is 12.8. The molecule has 0 saturated heterocycles. The maximum atomic E-state index is 12.4. The molecule has 6 heteroatoms. The molecule has 0 radical (unpaired) electrons. The number of sulfonamides is 1. The summed E-state index contributed by atoms with van der Waals surface area (Å²) in [5, 5.41) is 9.35. The van der Waals surface area contributed by atoms with Crippen LogP contribution in [0.3, 0.4) is 0 Å². The van der Waals surface area contributed by atoms with E-state index >= 15 is 0 Å². The Bertz CT molecular complexity index is 796. The van der Waals surface area contributed by atoms with Gasteiger partial charge >= 0.3 is 5.97 Å². The lowest BCUT2D eigenvalue weighted by Gasteiger charge is -2.16. The van der Waals surface area contributed by atoms with Crippen molar-refractivity contribution in [1.82, 2.24) is 4.72 Å². The maximum absolute atomic E-state index is 12.4. The molecule has 2 N–H and O–H groups in total. The van der Waals surface area contributed by atoms with Crippen LogP contribution in [0.5, 0.6) is 0 Å². The first-order chi connectivity index (χ1) is 11.3. The van der Waals surface area contributed by atoms with Crippen LogP contribution >= 0.6 is 0 Å². The number of rotatable bonds is 7. The maximum Gasteiger partial charge on any atom is 0.322 e. The summed E-state index contributed by atoms with van der Waals surface area (Å²) in [5.41, 5.74) is 3.21. The molecule has 128 valence electrons. The summed E-state index contributed by atoms with van der Waals surface area (Å²) in [4.78, 5) is 11.4. The first-order valence-electron chi connectivity index (χ1n) is 7.60. The zero-order valence-electron chi connectivity index (χ0n) is 13.7. The minimum Gasteiger partial charge on any atom is -0.480 e. The lowest BCUT2D eigenvalue weighted by atomic mass is 10.1. The quantitative estimate of drug-likeness (QED) is 0.806. The van der Waals surface area contributed by atoms with Crippen LogP contribution in [-0.4, -0.2) is 25.5 Å². The third-order valence-corrected chi connectivity index (χ3v) is 5.19. The molecule has 0 fully saturated rings. The summed E-state index contributed by atoms with van der Waals surface area (Å²) >= 11 is 0. The van der Waals surface area contributed by atoms with Gasteiger partial charge in [-0.3, -0.25) is 4.79 Å². The second-order valence-electron chi connectivity index (χ2n) is 5.83. The fraction of sp³-hybridized carbons (Fsp3) is 0.278. The number of aryl methyl sites for hydroxylation is 2. The second kappa shape index (κ2) is 7.59. The molecule has 0 aliphatic carbocycles. The zero-order chi connectivity index (χ0) is 17.7. The van der Waals surface area contributed by atoms with Crippen LogP contribution in [0.4, 0.5) is 0 Å². The van der Waals surface area contributed by atoms with Crippen LogP contribution in [0.1, 0.15) is 22.3 Å². The number of carboxylic acid groups (broad SMARTS) is 1. The van der Waals surface area contributed by atoms with Crippen LogP contribution in [0.15, 0.2) is 48.5 Å². The van der Waals surface area contributed by atoms with E-state index in [1.165, 1.54) is 0 Å². The van der Waals surface area contributed by atoms with E-state index in [-0.39, 0.29) is 12.2 Å². The Hall–Kier alpha value is -2.18. The lowest BCUT2D eigenvalue weighted by molar-refractivity contribution is -0.138. The highest BCUT2D eigenvalue weighted by atomic mass is 32.2. The summed E-state index contributed by atoms with van der Waals surface area (Å²) in [5.74, 6) is -1.42. The van der Waals surface area contributed by atoms with E-state index in [0.717, 1.165) is 16.7 Å². The third kappa shape index (κ3) is 4.91. The highest BCUT2D eigenvalue weighted by Crippen LogP contribution is 2.16. The molecule has 24 heavy (non-hydrogen) atoms. The van der Waals surface area contributed by atoms with E-state index in [2.05, 4.69) is 4.72 Å². The van der Waals surface area contributed by atoms with Crippen molar-refractivity contribution in [3.05, 3.63) is 70.8 Å². The number of carboxylic acids is 1. The molecule has 0 bridgehead atoms. The smallest absolute Gasteiger partial charge is 0.322 e. The molecule has 2 aromatic carbocycles. The van der Waals surface area contributed by atoms with Gasteiger partial charge in [0, 0.05) is 0 Å². The molecule has 0 aliphatic rings. The number of aliphatic carboxylic acids is 1. The number of carbonyl (C=O) groups is 1. The van der Waals surface area contributed by atoms with Crippen LogP contribution in [0.25, 0.3) is 0 Å². The number of hydrogen-bond donors (Lipinski definition) is 2. The fourth-order valence-corrected chi connectivity index (χ4v) is 4.09. The Labute approximate surface area is 142 Å². The highest BCUT2D eigenvalue weighted by molar-refractivity contribution is 7.88. The van der Waals surface area contributed by atoms with Gasteiger partial charge in [-0.25, -0.2) is 13.1 Å². The standard InChI is InChI=1S/C18H21NO4S/c1-13-7-6-8-14(2)16(13)12-24(22,23)19-17(18(20)21)11-15-9-4-3-5-10-15/h3-10,17,19H,11-12H2,1-2H3,(H,20,21)/t17-/m0/s1. The SMILES string of the molecule is Cc1cccc(C)c1CS(=O)(=O)N[C@@H](Cc1ccccc1)C(=O)O. The van der Waals surface area contributed by atoms with Gasteiger partial charge in [-0.1, -0.05) is 48.5 Å². The van der Waals surface area contributed by atoms with Gasteiger partial charge in [0.25, 0.3) is 0 Å². The van der Waals surface area contributed by atoms with Crippen molar-refractivity contribution in [3.63, 3.8) is 0 Å². The zero-order valence-corrected chi connectivity index (χ0v) is 14.5. The van der Waals surface area contributed by atoms with Crippen molar-refractivity contribution in [2.24, 2.45) is 0 Å². The average Bonchev–Trinajstić information content (AvgIpc) is 2.51. The van der Waals surface area contributed by atoms with E-state index in [0.29, 0.717) is 5.56 Å². The van der Waals surface area contributed by atoms with Crippen molar-refractivity contribution < 1.29 is 18.3 Å². The molecule has 1 atom stereocenters. The molecule has 5 nitrogen and oxygen atoms in total. The van der Waals surface area contributed by atoms with E-state index in [1.54, 1.807) is 24.3 Å². The van der Waals surface area contributed by atoms with Crippen molar-refractivity contribution in [2.45, 2.75) is 32.1 Å². The first kappa shape index (κ1) is 18.2. The largest absolute Gasteiger partial charge is 0.480 e. The average molecular weight is 347 g/mol. The predicted molar refractivity (Wildman–Crippen MR) is 93.2 cm³/mol. The van der Waals surface area contributed by atoms with Gasteiger partial charge in [-0.15, -0.1) is 0 Å². The Balaban J connectivity index is 2.17. The van der Waals surface area contributed by atoms with Crippen molar-refractivity contribution in [3.8, 4) is 0 Å². The van der Waals surface area contributed by atoms with E-state index < -0.39 is 22.0 Å². The van der Waals surface area contributed by atoms with Gasteiger partial charge in [-0.05, 0) is 42.5 Å². The van der Waals surface area contributed by atoms with E-state index in [4.69, 9.17) is 0 Å². The summed E-state index contributed by atoms with van der Waals surface area (Å²) in [7, 11) is -3.77. The molecule has 0 unspecified atom stereocenters. The Morgan fingerprint density at radius 2 is 1.62 bits per heavy atom. The molecule has 0 spiro atoms. The molecule has 0 aliphatic heterocycles. The van der Waals surface area contributed by atoms with Crippen LogP contribution < -0.4 is 4.72 Å². The monoisotopic (exact) mass is 347 g/mol. The van der Waals surface area contributed by atoms with Crippen molar-refractivity contribution >= 4 is 16.0 Å². The summed E-state index contributed by atoms with van der Waals surface area (Å²) in [6.07, 6.45) is 0.0994. The first-order valence-corrected chi connectivity index (χ1v) is 9.25. The van der Waals surface area contributed by atoms with E-state index in [1.807, 2.05) is 38.1 Å². The summed E-state index contributed by atoms with van der Waals surface area (Å²) < 4.78 is 27.2. The number of benzene rings is 2. The van der Waals surface area contributed by atoms with Gasteiger partial charge in [-0.2, -0.15) is 0 Å². The topological polar surface area (TPSA) is 83.5 Å². The lowest BCUT2D eigenvalue weighted by Crippen LogP contribution is -2.42. The second-order valence-corrected chi connectivity index (χ2v) is 7.58. The van der Waals surface area contributed by atoms with Crippen molar-refractivity contribution in [2.75, 3.05) is 0 Å². The van der Waals surface area contributed by atoms with Crippen LogP contribution in [0, 0.1) is 13.8 Å².